The lowest BCUT2D eigenvalue weighted by molar-refractivity contribution is -0.141. The van der Waals surface area contributed by atoms with E-state index in [0.29, 0.717) is 24.2 Å². The second kappa shape index (κ2) is 6.00. The van der Waals surface area contributed by atoms with E-state index in [1.54, 1.807) is 18.3 Å². The Kier molecular flexibility index (Phi) is 3.83. The Hall–Kier alpha value is -2.23. The SMILES string of the molecule is COC(=O)CC1C[C@@H]2CC(c3ccnc4ccc(F)cc34)=C[C@@H]2C1. The molecule has 1 heterocycles. The van der Waals surface area contributed by atoms with Crippen LogP contribution in [0.5, 0.6) is 0 Å². The first-order valence-electron chi connectivity index (χ1n) is 8.46. The van der Waals surface area contributed by atoms with E-state index >= 15 is 0 Å². The minimum absolute atomic E-state index is 0.111. The summed E-state index contributed by atoms with van der Waals surface area (Å²) in [7, 11) is 1.45. The molecule has 4 heteroatoms. The summed E-state index contributed by atoms with van der Waals surface area (Å²) in [6.45, 7) is 0. The Labute approximate surface area is 140 Å². The normalized spacial score (nSPS) is 25.6. The third kappa shape index (κ3) is 2.70. The lowest BCUT2D eigenvalue weighted by atomic mass is 9.94. The van der Waals surface area contributed by atoms with E-state index in [0.717, 1.165) is 35.7 Å². The van der Waals surface area contributed by atoms with Gasteiger partial charge in [-0.2, -0.15) is 0 Å². The molecule has 0 spiro atoms. The molecule has 4 rings (SSSR count). The Morgan fingerprint density at radius 3 is 3.00 bits per heavy atom. The molecule has 24 heavy (non-hydrogen) atoms. The summed E-state index contributed by atoms with van der Waals surface area (Å²) < 4.78 is 18.4. The predicted octanol–water partition coefficient (Wildman–Crippen LogP) is 4.37. The highest BCUT2D eigenvalue weighted by atomic mass is 19.1. The Balaban J connectivity index is 1.59. The van der Waals surface area contributed by atoms with Gasteiger partial charge < -0.3 is 4.74 Å². The van der Waals surface area contributed by atoms with Gasteiger partial charge in [0.15, 0.2) is 0 Å². The minimum atomic E-state index is -0.228. The summed E-state index contributed by atoms with van der Waals surface area (Å²) in [5.74, 6) is 1.20. The second-order valence-corrected chi connectivity index (χ2v) is 6.96. The van der Waals surface area contributed by atoms with Crippen LogP contribution >= 0.6 is 0 Å². The number of nitrogens with zero attached hydrogens (tertiary/aromatic N) is 1. The predicted molar refractivity (Wildman–Crippen MR) is 90.6 cm³/mol. The van der Waals surface area contributed by atoms with Gasteiger partial charge in [-0.1, -0.05) is 6.08 Å². The first-order valence-corrected chi connectivity index (χ1v) is 8.46. The number of allylic oxidation sites excluding steroid dienone is 2. The topological polar surface area (TPSA) is 39.2 Å². The average molecular weight is 325 g/mol. The molecule has 0 radical (unpaired) electrons. The molecular formula is C20H20FNO2. The summed E-state index contributed by atoms with van der Waals surface area (Å²) in [4.78, 5) is 15.8. The molecule has 2 aliphatic rings. The van der Waals surface area contributed by atoms with Crippen molar-refractivity contribution in [3.8, 4) is 0 Å². The molecule has 3 atom stereocenters. The lowest BCUT2D eigenvalue weighted by Crippen LogP contribution is -2.07. The van der Waals surface area contributed by atoms with Crippen LogP contribution in [0.15, 0.2) is 36.5 Å². The summed E-state index contributed by atoms with van der Waals surface area (Å²) in [5, 5.41) is 0.884. The van der Waals surface area contributed by atoms with Gasteiger partial charge in [-0.15, -0.1) is 0 Å². The maximum absolute atomic E-state index is 13.6. The van der Waals surface area contributed by atoms with Crippen molar-refractivity contribution in [1.82, 2.24) is 4.98 Å². The molecule has 0 amide bonds. The number of rotatable bonds is 3. The second-order valence-electron chi connectivity index (χ2n) is 6.96. The Morgan fingerprint density at radius 2 is 2.21 bits per heavy atom. The third-order valence-corrected chi connectivity index (χ3v) is 5.48. The molecule has 0 N–H and O–H groups in total. The van der Waals surface area contributed by atoms with Crippen LogP contribution in [0.1, 0.15) is 31.2 Å². The fraction of sp³-hybridized carbons (Fsp3) is 0.400. The van der Waals surface area contributed by atoms with Crippen molar-refractivity contribution in [2.45, 2.75) is 25.7 Å². The standard InChI is InChI=1S/C20H20FNO2/c1-24-20(23)8-12-6-13-9-15(10-14(13)7-12)17-4-5-22-19-3-2-16(21)11-18(17)19/h2-5,9,11-14H,6-8,10H2,1H3/t12?,13-,14+/m0/s1. The summed E-state index contributed by atoms with van der Waals surface area (Å²) in [6, 6.07) is 6.75. The molecule has 1 aromatic carbocycles. The number of carbonyl (C=O) groups excluding carboxylic acids is 1. The number of esters is 1. The average Bonchev–Trinajstić information content (AvgIpc) is 3.12. The number of carbonyl (C=O) groups is 1. The number of benzene rings is 1. The Bertz CT molecular complexity index is 829. The molecular weight excluding hydrogens is 305 g/mol. The van der Waals surface area contributed by atoms with Gasteiger partial charge in [0, 0.05) is 18.0 Å². The fourth-order valence-electron chi connectivity index (χ4n) is 4.41. The molecule has 1 saturated carbocycles. The van der Waals surface area contributed by atoms with E-state index in [9.17, 15) is 9.18 Å². The van der Waals surface area contributed by atoms with Crippen molar-refractivity contribution in [3.05, 3.63) is 47.9 Å². The van der Waals surface area contributed by atoms with Crippen molar-refractivity contribution in [3.63, 3.8) is 0 Å². The van der Waals surface area contributed by atoms with Gasteiger partial charge in [0.2, 0.25) is 0 Å². The zero-order valence-electron chi connectivity index (χ0n) is 13.7. The molecule has 1 unspecified atom stereocenters. The molecule has 0 bridgehead atoms. The molecule has 1 fully saturated rings. The first kappa shape index (κ1) is 15.3. The smallest absolute Gasteiger partial charge is 0.305 e. The minimum Gasteiger partial charge on any atom is -0.469 e. The first-order chi connectivity index (χ1) is 11.6. The maximum Gasteiger partial charge on any atom is 0.305 e. The van der Waals surface area contributed by atoms with Crippen LogP contribution < -0.4 is 0 Å². The van der Waals surface area contributed by atoms with Crippen molar-refractivity contribution < 1.29 is 13.9 Å². The summed E-state index contributed by atoms with van der Waals surface area (Å²) in [5.41, 5.74) is 3.22. The van der Waals surface area contributed by atoms with Crippen LogP contribution in [0, 0.1) is 23.6 Å². The van der Waals surface area contributed by atoms with Gasteiger partial charge in [0.05, 0.1) is 12.6 Å². The third-order valence-electron chi connectivity index (χ3n) is 5.48. The quantitative estimate of drug-likeness (QED) is 0.787. The fourth-order valence-corrected chi connectivity index (χ4v) is 4.41. The van der Waals surface area contributed by atoms with E-state index in [2.05, 4.69) is 11.1 Å². The van der Waals surface area contributed by atoms with E-state index in [1.807, 2.05) is 6.07 Å². The molecule has 124 valence electrons. The van der Waals surface area contributed by atoms with E-state index < -0.39 is 0 Å². The van der Waals surface area contributed by atoms with Crippen molar-refractivity contribution >= 4 is 22.4 Å². The summed E-state index contributed by atoms with van der Waals surface area (Å²) in [6.07, 6.45) is 7.76. The number of hydrogen-bond acceptors (Lipinski definition) is 3. The molecule has 2 aromatic rings. The zero-order valence-corrected chi connectivity index (χ0v) is 13.7. The van der Waals surface area contributed by atoms with Gasteiger partial charge in [-0.3, -0.25) is 9.78 Å². The van der Waals surface area contributed by atoms with E-state index in [1.165, 1.54) is 18.7 Å². The molecule has 0 saturated heterocycles. The highest BCUT2D eigenvalue weighted by Gasteiger charge is 2.38. The maximum atomic E-state index is 13.6. The van der Waals surface area contributed by atoms with E-state index in [-0.39, 0.29) is 11.8 Å². The van der Waals surface area contributed by atoms with Crippen LogP contribution in [0.2, 0.25) is 0 Å². The van der Waals surface area contributed by atoms with Crippen LogP contribution in [0.4, 0.5) is 4.39 Å². The molecule has 2 aliphatic carbocycles. The molecule has 3 nitrogen and oxygen atoms in total. The van der Waals surface area contributed by atoms with Gasteiger partial charge in [-0.05, 0) is 72.4 Å². The number of pyridine rings is 1. The Morgan fingerprint density at radius 1 is 1.33 bits per heavy atom. The highest BCUT2D eigenvalue weighted by Crippen LogP contribution is 2.49. The van der Waals surface area contributed by atoms with Crippen LogP contribution in [0.25, 0.3) is 16.5 Å². The van der Waals surface area contributed by atoms with Crippen molar-refractivity contribution in [2.24, 2.45) is 17.8 Å². The van der Waals surface area contributed by atoms with Gasteiger partial charge in [-0.25, -0.2) is 4.39 Å². The number of halogens is 1. The van der Waals surface area contributed by atoms with Gasteiger partial charge in [0.25, 0.3) is 0 Å². The van der Waals surface area contributed by atoms with Crippen LogP contribution in [-0.2, 0) is 9.53 Å². The molecule has 0 aliphatic heterocycles. The van der Waals surface area contributed by atoms with Crippen molar-refractivity contribution in [1.29, 1.82) is 0 Å². The number of aromatic nitrogens is 1. The van der Waals surface area contributed by atoms with E-state index in [4.69, 9.17) is 4.74 Å². The zero-order chi connectivity index (χ0) is 16.7. The lowest BCUT2D eigenvalue weighted by Gasteiger charge is -2.12. The largest absolute Gasteiger partial charge is 0.469 e. The highest BCUT2D eigenvalue weighted by molar-refractivity contribution is 5.92. The summed E-state index contributed by atoms with van der Waals surface area (Å²) >= 11 is 0. The van der Waals surface area contributed by atoms with Crippen LogP contribution in [0.3, 0.4) is 0 Å². The monoisotopic (exact) mass is 325 g/mol. The number of hydrogen-bond donors (Lipinski definition) is 0. The van der Waals surface area contributed by atoms with Crippen LogP contribution in [-0.4, -0.2) is 18.1 Å². The number of fused-ring (bicyclic) bond motifs is 2. The molecule has 1 aromatic heterocycles. The number of ether oxygens (including phenoxy) is 1. The number of methoxy groups -OCH3 is 1. The van der Waals surface area contributed by atoms with Crippen molar-refractivity contribution in [2.75, 3.05) is 7.11 Å². The van der Waals surface area contributed by atoms with Gasteiger partial charge >= 0.3 is 5.97 Å². The van der Waals surface area contributed by atoms with Gasteiger partial charge in [0.1, 0.15) is 5.82 Å².